The minimum absolute atomic E-state index is 0.154. The number of rotatable bonds is 5. The minimum atomic E-state index is -0.540. The van der Waals surface area contributed by atoms with Crippen molar-refractivity contribution in [3.63, 3.8) is 0 Å². The number of nitrogens with one attached hydrogen (secondary N) is 1. The molecule has 35 heavy (non-hydrogen) atoms. The number of nitrogens with two attached hydrogens (primary N) is 1. The van der Waals surface area contributed by atoms with E-state index in [4.69, 9.17) is 15.5 Å². The van der Waals surface area contributed by atoms with Crippen LogP contribution in [-0.4, -0.2) is 54.6 Å². The van der Waals surface area contributed by atoms with Crippen molar-refractivity contribution in [1.29, 1.82) is 0 Å². The lowest BCUT2D eigenvalue weighted by Crippen LogP contribution is -2.32. The minimum Gasteiger partial charge on any atom is -0.382 e. The Kier molecular flexibility index (Phi) is 6.49. The summed E-state index contributed by atoms with van der Waals surface area (Å²) in [4.78, 5) is 23.4. The highest BCUT2D eigenvalue weighted by molar-refractivity contribution is 5.97. The van der Waals surface area contributed by atoms with Crippen LogP contribution < -0.4 is 11.1 Å². The van der Waals surface area contributed by atoms with Gasteiger partial charge in [0.05, 0.1) is 11.9 Å². The van der Waals surface area contributed by atoms with Crippen LogP contribution in [0, 0.1) is 5.82 Å². The maximum Gasteiger partial charge on any atom is 0.251 e. The molecule has 0 bridgehead atoms. The molecule has 8 heteroatoms. The van der Waals surface area contributed by atoms with Gasteiger partial charge in [-0.1, -0.05) is 18.2 Å². The first-order valence-corrected chi connectivity index (χ1v) is 12.0. The first-order chi connectivity index (χ1) is 16.9. The third kappa shape index (κ3) is 4.76. The van der Waals surface area contributed by atoms with Gasteiger partial charge in [0.1, 0.15) is 17.3 Å². The number of hydrogen-bond donors (Lipinski definition) is 2. The number of ether oxygens (including phenoxy) is 1. The van der Waals surface area contributed by atoms with Gasteiger partial charge in [-0.05, 0) is 68.1 Å². The third-order valence-electron chi connectivity index (χ3n) is 6.76. The Labute approximate surface area is 204 Å². The molecule has 0 spiro atoms. The lowest BCUT2D eigenvalue weighted by Gasteiger charge is -2.24. The topological polar surface area (TPSA) is 93.4 Å². The van der Waals surface area contributed by atoms with Gasteiger partial charge < -0.3 is 20.7 Å². The van der Waals surface area contributed by atoms with Gasteiger partial charge in [0.15, 0.2) is 0 Å². The predicted molar refractivity (Wildman–Crippen MR) is 133 cm³/mol. The molecule has 3 heterocycles. The SMILES string of the molecule is CN(C)Cc1cc(C2CCOCC2)ccc1-c1cnc(N)c(-c2cc3c(cc2F)C(=O)NCC3)n1. The number of aromatic nitrogens is 2. The number of halogens is 1. The molecular weight excluding hydrogens is 445 g/mol. The molecule has 0 unspecified atom stereocenters. The predicted octanol–water partition coefficient (Wildman–Crippen LogP) is 3.77. The van der Waals surface area contributed by atoms with Crippen LogP contribution in [0.4, 0.5) is 10.2 Å². The summed E-state index contributed by atoms with van der Waals surface area (Å²) in [7, 11) is 4.06. The third-order valence-corrected chi connectivity index (χ3v) is 6.76. The molecule has 3 aromatic rings. The Bertz CT molecular complexity index is 1270. The molecule has 1 aromatic heterocycles. The van der Waals surface area contributed by atoms with Crippen molar-refractivity contribution in [3.8, 4) is 22.5 Å². The molecule has 0 saturated carbocycles. The zero-order valence-corrected chi connectivity index (χ0v) is 20.1. The first-order valence-electron chi connectivity index (χ1n) is 12.0. The van der Waals surface area contributed by atoms with E-state index >= 15 is 4.39 Å². The monoisotopic (exact) mass is 475 g/mol. The zero-order valence-electron chi connectivity index (χ0n) is 20.1. The van der Waals surface area contributed by atoms with Gasteiger partial charge in [0.25, 0.3) is 5.91 Å². The van der Waals surface area contributed by atoms with Crippen LogP contribution in [0.3, 0.4) is 0 Å². The summed E-state index contributed by atoms with van der Waals surface area (Å²) in [6.07, 6.45) is 4.30. The molecular formula is C27H30FN5O2. The second-order valence-corrected chi connectivity index (χ2v) is 9.53. The Morgan fingerprint density at radius 2 is 1.94 bits per heavy atom. The molecule has 1 fully saturated rings. The van der Waals surface area contributed by atoms with Gasteiger partial charge in [-0.15, -0.1) is 0 Å². The number of hydrogen-bond acceptors (Lipinski definition) is 6. The van der Waals surface area contributed by atoms with E-state index in [1.54, 1.807) is 12.3 Å². The van der Waals surface area contributed by atoms with Crippen LogP contribution in [0.2, 0.25) is 0 Å². The van der Waals surface area contributed by atoms with Crippen molar-refractivity contribution in [1.82, 2.24) is 20.2 Å². The van der Waals surface area contributed by atoms with Gasteiger partial charge in [0, 0.05) is 43.0 Å². The van der Waals surface area contributed by atoms with E-state index in [-0.39, 0.29) is 23.0 Å². The summed E-state index contributed by atoms with van der Waals surface area (Å²) < 4.78 is 20.7. The molecule has 2 aliphatic heterocycles. The molecule has 5 rings (SSSR count). The zero-order chi connectivity index (χ0) is 24.5. The van der Waals surface area contributed by atoms with Crippen LogP contribution in [-0.2, 0) is 17.7 Å². The standard InChI is InChI=1S/C27H30FN5O2/c1-33(2)15-19-11-17(16-6-9-35-10-7-16)3-4-20(19)24-14-31-26(29)25(32-24)22-12-18-5-8-30-27(34)21(18)13-23(22)28/h3-4,11-14,16H,5-10,15H2,1-2H3,(H2,29,31)(H,30,34). The van der Waals surface area contributed by atoms with Crippen molar-refractivity contribution >= 4 is 11.7 Å². The average molecular weight is 476 g/mol. The first kappa shape index (κ1) is 23.4. The quantitative estimate of drug-likeness (QED) is 0.584. The highest BCUT2D eigenvalue weighted by atomic mass is 19.1. The molecule has 2 aromatic carbocycles. The fourth-order valence-corrected chi connectivity index (χ4v) is 4.97. The van der Waals surface area contributed by atoms with Crippen LogP contribution in [0.15, 0.2) is 36.5 Å². The van der Waals surface area contributed by atoms with E-state index in [1.807, 2.05) is 14.1 Å². The van der Waals surface area contributed by atoms with Crippen molar-refractivity contribution in [2.24, 2.45) is 0 Å². The molecule has 7 nitrogen and oxygen atoms in total. The van der Waals surface area contributed by atoms with Gasteiger partial charge in [-0.25, -0.2) is 14.4 Å². The maximum absolute atomic E-state index is 15.1. The van der Waals surface area contributed by atoms with Gasteiger partial charge >= 0.3 is 0 Å². The highest BCUT2D eigenvalue weighted by Gasteiger charge is 2.23. The smallest absolute Gasteiger partial charge is 0.251 e. The van der Waals surface area contributed by atoms with E-state index in [1.165, 1.54) is 11.6 Å². The number of carbonyl (C=O) groups excluding carboxylic acids is 1. The number of carbonyl (C=O) groups is 1. The summed E-state index contributed by atoms with van der Waals surface area (Å²) in [6, 6.07) is 9.44. The van der Waals surface area contributed by atoms with Crippen LogP contribution in [0.5, 0.6) is 0 Å². The Balaban J connectivity index is 1.57. The lowest BCUT2D eigenvalue weighted by molar-refractivity contribution is 0.0853. The number of anilines is 1. The number of fused-ring (bicyclic) bond motifs is 1. The van der Waals surface area contributed by atoms with E-state index in [0.717, 1.165) is 49.3 Å². The maximum atomic E-state index is 15.1. The molecule has 1 amide bonds. The fourth-order valence-electron chi connectivity index (χ4n) is 4.97. The van der Waals surface area contributed by atoms with Gasteiger partial charge in [-0.3, -0.25) is 4.79 Å². The summed E-state index contributed by atoms with van der Waals surface area (Å²) in [5.41, 5.74) is 11.9. The van der Waals surface area contributed by atoms with Crippen molar-refractivity contribution in [2.75, 3.05) is 39.6 Å². The van der Waals surface area contributed by atoms with E-state index in [9.17, 15) is 4.79 Å². The van der Waals surface area contributed by atoms with Gasteiger partial charge in [0.2, 0.25) is 0 Å². The second-order valence-electron chi connectivity index (χ2n) is 9.53. The largest absolute Gasteiger partial charge is 0.382 e. The average Bonchev–Trinajstić information content (AvgIpc) is 2.85. The molecule has 0 aliphatic carbocycles. The number of benzene rings is 2. The Hall–Kier alpha value is -3.36. The summed E-state index contributed by atoms with van der Waals surface area (Å²) in [5.74, 6) is -0.167. The number of amides is 1. The van der Waals surface area contributed by atoms with Crippen molar-refractivity contribution in [2.45, 2.75) is 31.7 Å². The Morgan fingerprint density at radius 3 is 2.71 bits per heavy atom. The van der Waals surface area contributed by atoms with Crippen molar-refractivity contribution < 1.29 is 13.9 Å². The molecule has 3 N–H and O–H groups in total. The van der Waals surface area contributed by atoms with Crippen molar-refractivity contribution in [3.05, 3.63) is 64.6 Å². The lowest BCUT2D eigenvalue weighted by atomic mass is 9.88. The summed E-state index contributed by atoms with van der Waals surface area (Å²) in [6.45, 7) is 2.83. The fraction of sp³-hybridized carbons (Fsp3) is 0.370. The highest BCUT2D eigenvalue weighted by Crippen LogP contribution is 2.34. The summed E-state index contributed by atoms with van der Waals surface area (Å²) in [5, 5.41) is 2.75. The number of nitrogen functional groups attached to an aromatic ring is 1. The second kappa shape index (κ2) is 9.71. The molecule has 0 atom stereocenters. The van der Waals surface area contributed by atoms with E-state index < -0.39 is 5.82 Å². The molecule has 0 radical (unpaired) electrons. The summed E-state index contributed by atoms with van der Waals surface area (Å²) >= 11 is 0. The molecule has 182 valence electrons. The van der Waals surface area contributed by atoms with Gasteiger partial charge in [-0.2, -0.15) is 0 Å². The van der Waals surface area contributed by atoms with Crippen LogP contribution >= 0.6 is 0 Å². The van der Waals surface area contributed by atoms with Crippen LogP contribution in [0.25, 0.3) is 22.5 Å². The molecule has 2 aliphatic rings. The number of nitrogens with zero attached hydrogens (tertiary/aromatic N) is 3. The van der Waals surface area contributed by atoms with Crippen LogP contribution in [0.1, 0.15) is 45.8 Å². The van der Waals surface area contributed by atoms with E-state index in [2.05, 4.69) is 33.4 Å². The van der Waals surface area contributed by atoms with E-state index in [0.29, 0.717) is 30.1 Å². The molecule has 1 saturated heterocycles. The normalized spacial score (nSPS) is 16.3. The Morgan fingerprint density at radius 1 is 1.14 bits per heavy atom.